The number of hydrogen-bond donors (Lipinski definition) is 2. The van der Waals surface area contributed by atoms with Crippen LogP contribution in [-0.2, 0) is 12.7 Å². The summed E-state index contributed by atoms with van der Waals surface area (Å²) in [6, 6.07) is 5.29. The molecule has 2 aromatic rings. The Labute approximate surface area is 108 Å². The van der Waals surface area contributed by atoms with E-state index >= 15 is 0 Å². The Morgan fingerprint density at radius 2 is 2.00 bits per heavy atom. The molecule has 0 atom stereocenters. The number of aryl methyl sites for hydroxylation is 2. The summed E-state index contributed by atoms with van der Waals surface area (Å²) in [6.45, 7) is 4.01. The SMILES string of the molecule is Cc1n[nH]c(C)c1NCc1cccc(C(F)(F)F)c1. The fraction of sp³-hybridized carbons (Fsp3) is 0.308. The van der Waals surface area contributed by atoms with Gasteiger partial charge in [0.05, 0.1) is 22.6 Å². The fourth-order valence-corrected chi connectivity index (χ4v) is 1.86. The van der Waals surface area contributed by atoms with Crippen LogP contribution in [0.1, 0.15) is 22.5 Å². The summed E-state index contributed by atoms with van der Waals surface area (Å²) in [6.07, 6.45) is -4.31. The molecule has 0 fully saturated rings. The maximum atomic E-state index is 12.6. The molecular weight excluding hydrogens is 255 g/mol. The van der Waals surface area contributed by atoms with Gasteiger partial charge in [0.2, 0.25) is 0 Å². The van der Waals surface area contributed by atoms with Crippen molar-refractivity contribution < 1.29 is 13.2 Å². The molecule has 0 aliphatic heterocycles. The lowest BCUT2D eigenvalue weighted by Crippen LogP contribution is -2.07. The number of nitrogens with zero attached hydrogens (tertiary/aromatic N) is 1. The Morgan fingerprint density at radius 1 is 1.26 bits per heavy atom. The number of aromatic amines is 1. The minimum Gasteiger partial charge on any atom is -0.378 e. The molecule has 1 heterocycles. The molecule has 0 saturated heterocycles. The molecule has 19 heavy (non-hydrogen) atoms. The lowest BCUT2D eigenvalue weighted by molar-refractivity contribution is -0.137. The van der Waals surface area contributed by atoms with Crippen molar-refractivity contribution in [2.75, 3.05) is 5.32 Å². The zero-order chi connectivity index (χ0) is 14.0. The average molecular weight is 269 g/mol. The lowest BCUT2D eigenvalue weighted by Gasteiger charge is -2.10. The van der Waals surface area contributed by atoms with Gasteiger partial charge in [0.15, 0.2) is 0 Å². The molecule has 102 valence electrons. The molecule has 0 saturated carbocycles. The number of nitrogens with one attached hydrogen (secondary N) is 2. The van der Waals surface area contributed by atoms with Gasteiger partial charge in [-0.05, 0) is 31.5 Å². The van der Waals surface area contributed by atoms with E-state index in [0.717, 1.165) is 29.2 Å². The smallest absolute Gasteiger partial charge is 0.378 e. The second kappa shape index (κ2) is 4.95. The first-order chi connectivity index (χ1) is 8.88. The Morgan fingerprint density at radius 3 is 2.58 bits per heavy atom. The molecule has 2 rings (SSSR count). The van der Waals surface area contributed by atoms with Crippen LogP contribution < -0.4 is 5.32 Å². The van der Waals surface area contributed by atoms with Gasteiger partial charge in [-0.3, -0.25) is 5.10 Å². The summed E-state index contributed by atoms with van der Waals surface area (Å²) >= 11 is 0. The van der Waals surface area contributed by atoms with Crippen molar-refractivity contribution in [1.82, 2.24) is 10.2 Å². The van der Waals surface area contributed by atoms with Crippen LogP contribution in [0.3, 0.4) is 0 Å². The van der Waals surface area contributed by atoms with E-state index < -0.39 is 11.7 Å². The molecule has 2 N–H and O–H groups in total. The number of aromatic nitrogens is 2. The van der Waals surface area contributed by atoms with Crippen molar-refractivity contribution in [2.24, 2.45) is 0 Å². The second-order valence-electron chi connectivity index (χ2n) is 4.36. The van der Waals surface area contributed by atoms with E-state index in [1.54, 1.807) is 6.07 Å². The molecule has 1 aromatic carbocycles. The number of alkyl halides is 3. The molecule has 0 spiro atoms. The van der Waals surface area contributed by atoms with Gasteiger partial charge in [-0.2, -0.15) is 18.3 Å². The standard InChI is InChI=1S/C13H14F3N3/c1-8-12(9(2)19-18-8)17-7-10-4-3-5-11(6-10)13(14,15)16/h3-6,17H,7H2,1-2H3,(H,18,19). The first kappa shape index (κ1) is 13.5. The van der Waals surface area contributed by atoms with Gasteiger partial charge >= 0.3 is 6.18 Å². The van der Waals surface area contributed by atoms with Crippen LogP contribution in [0.5, 0.6) is 0 Å². The molecule has 0 radical (unpaired) electrons. The minimum atomic E-state index is -4.31. The Kier molecular flexibility index (Phi) is 3.50. The first-order valence-corrected chi connectivity index (χ1v) is 5.79. The van der Waals surface area contributed by atoms with Crippen LogP contribution in [-0.4, -0.2) is 10.2 Å². The van der Waals surface area contributed by atoms with Crippen molar-refractivity contribution >= 4 is 5.69 Å². The normalized spacial score (nSPS) is 11.6. The van der Waals surface area contributed by atoms with Crippen LogP contribution in [0, 0.1) is 13.8 Å². The van der Waals surface area contributed by atoms with Gasteiger partial charge in [0, 0.05) is 6.54 Å². The monoisotopic (exact) mass is 269 g/mol. The van der Waals surface area contributed by atoms with Crippen LogP contribution in [0.25, 0.3) is 0 Å². The summed E-state index contributed by atoms with van der Waals surface area (Å²) in [5.74, 6) is 0. The summed E-state index contributed by atoms with van der Waals surface area (Å²) in [7, 11) is 0. The van der Waals surface area contributed by atoms with Crippen LogP contribution in [0.4, 0.5) is 18.9 Å². The fourth-order valence-electron chi connectivity index (χ4n) is 1.86. The van der Waals surface area contributed by atoms with Crippen molar-refractivity contribution in [3.63, 3.8) is 0 Å². The zero-order valence-corrected chi connectivity index (χ0v) is 10.6. The van der Waals surface area contributed by atoms with Crippen LogP contribution in [0.15, 0.2) is 24.3 Å². The highest BCUT2D eigenvalue weighted by molar-refractivity contribution is 5.51. The lowest BCUT2D eigenvalue weighted by atomic mass is 10.1. The molecule has 0 amide bonds. The average Bonchev–Trinajstić information content (AvgIpc) is 2.66. The number of H-pyrrole nitrogens is 1. The number of halogens is 3. The third kappa shape index (κ3) is 3.07. The third-order valence-corrected chi connectivity index (χ3v) is 2.85. The predicted octanol–water partition coefficient (Wildman–Crippen LogP) is 3.66. The topological polar surface area (TPSA) is 40.7 Å². The molecular formula is C13H14F3N3. The van der Waals surface area contributed by atoms with Gasteiger partial charge in [0.1, 0.15) is 0 Å². The largest absolute Gasteiger partial charge is 0.416 e. The van der Waals surface area contributed by atoms with Crippen LogP contribution in [0.2, 0.25) is 0 Å². The first-order valence-electron chi connectivity index (χ1n) is 5.79. The Bertz CT molecular complexity index is 553. The number of benzene rings is 1. The van der Waals surface area contributed by atoms with E-state index in [9.17, 15) is 13.2 Å². The van der Waals surface area contributed by atoms with Gasteiger partial charge in [-0.1, -0.05) is 12.1 Å². The van der Waals surface area contributed by atoms with Crippen LogP contribution >= 0.6 is 0 Å². The molecule has 0 aliphatic rings. The highest BCUT2D eigenvalue weighted by Gasteiger charge is 2.30. The molecule has 3 nitrogen and oxygen atoms in total. The van der Waals surface area contributed by atoms with Gasteiger partial charge in [-0.25, -0.2) is 0 Å². The van der Waals surface area contributed by atoms with Crippen molar-refractivity contribution in [3.8, 4) is 0 Å². The summed E-state index contributed by atoms with van der Waals surface area (Å²) in [4.78, 5) is 0. The molecule has 0 unspecified atom stereocenters. The third-order valence-electron chi connectivity index (χ3n) is 2.85. The summed E-state index contributed by atoms with van der Waals surface area (Å²) in [5, 5.41) is 9.93. The molecule has 0 bridgehead atoms. The van der Waals surface area contributed by atoms with E-state index in [2.05, 4.69) is 15.5 Å². The number of anilines is 1. The molecule has 0 aliphatic carbocycles. The Hall–Kier alpha value is -1.98. The van der Waals surface area contributed by atoms with Gasteiger partial charge < -0.3 is 5.32 Å². The minimum absolute atomic E-state index is 0.325. The van der Waals surface area contributed by atoms with Crippen molar-refractivity contribution in [3.05, 3.63) is 46.8 Å². The van der Waals surface area contributed by atoms with E-state index in [4.69, 9.17) is 0 Å². The van der Waals surface area contributed by atoms with E-state index in [-0.39, 0.29) is 0 Å². The quantitative estimate of drug-likeness (QED) is 0.892. The van der Waals surface area contributed by atoms with Gasteiger partial charge in [-0.15, -0.1) is 0 Å². The Balaban J connectivity index is 2.12. The highest BCUT2D eigenvalue weighted by Crippen LogP contribution is 2.29. The maximum Gasteiger partial charge on any atom is 0.416 e. The maximum absolute atomic E-state index is 12.6. The van der Waals surface area contributed by atoms with E-state index in [1.807, 2.05) is 13.8 Å². The number of rotatable bonds is 3. The highest BCUT2D eigenvalue weighted by atomic mass is 19.4. The van der Waals surface area contributed by atoms with Gasteiger partial charge in [0.25, 0.3) is 0 Å². The van der Waals surface area contributed by atoms with E-state index in [1.165, 1.54) is 6.07 Å². The summed E-state index contributed by atoms with van der Waals surface area (Å²) in [5.41, 5.74) is 2.44. The predicted molar refractivity (Wildman–Crippen MR) is 66.8 cm³/mol. The van der Waals surface area contributed by atoms with Crippen molar-refractivity contribution in [2.45, 2.75) is 26.6 Å². The van der Waals surface area contributed by atoms with Crippen molar-refractivity contribution in [1.29, 1.82) is 0 Å². The van der Waals surface area contributed by atoms with E-state index in [0.29, 0.717) is 12.1 Å². The summed E-state index contributed by atoms with van der Waals surface area (Å²) < 4.78 is 37.7. The number of hydrogen-bond acceptors (Lipinski definition) is 2. The molecule has 1 aromatic heterocycles. The molecule has 6 heteroatoms. The second-order valence-corrected chi connectivity index (χ2v) is 4.36. The zero-order valence-electron chi connectivity index (χ0n) is 10.6.